The maximum Gasteiger partial charge on any atom is 0.416 e. The maximum absolute atomic E-state index is 12.8. The highest BCUT2D eigenvalue weighted by atomic mass is 35.5. The summed E-state index contributed by atoms with van der Waals surface area (Å²) in [5, 5.41) is 8.64. The van der Waals surface area contributed by atoms with E-state index in [2.05, 4.69) is 0 Å². The molecule has 1 atom stereocenters. The van der Waals surface area contributed by atoms with Crippen LogP contribution in [0, 0.1) is 0 Å². The summed E-state index contributed by atoms with van der Waals surface area (Å²) < 4.78 is 38.3. The lowest BCUT2D eigenvalue weighted by Crippen LogP contribution is -2.37. The highest BCUT2D eigenvalue weighted by Gasteiger charge is 2.34. The van der Waals surface area contributed by atoms with Crippen molar-refractivity contribution >= 4 is 23.5 Å². The summed E-state index contributed by atoms with van der Waals surface area (Å²) in [6.07, 6.45) is -3.69. The molecule has 0 spiro atoms. The number of hydrogen-bond acceptors (Lipinski definition) is 2. The molecular formula is C14H13ClF3NO3. The van der Waals surface area contributed by atoms with Crippen LogP contribution in [0.25, 0.3) is 0 Å². The number of likely N-dealkylation sites (tertiary alicyclic amines) is 1. The van der Waals surface area contributed by atoms with Crippen LogP contribution in [0.2, 0.25) is 5.02 Å². The van der Waals surface area contributed by atoms with Gasteiger partial charge in [-0.15, -0.1) is 0 Å². The van der Waals surface area contributed by atoms with Gasteiger partial charge in [0, 0.05) is 23.2 Å². The Morgan fingerprint density at radius 2 is 2.00 bits per heavy atom. The molecule has 1 fully saturated rings. The van der Waals surface area contributed by atoms with E-state index in [0.717, 1.165) is 18.2 Å². The largest absolute Gasteiger partial charge is 0.481 e. The van der Waals surface area contributed by atoms with Gasteiger partial charge in [0.05, 0.1) is 12.0 Å². The number of amides is 1. The number of alkyl halides is 3. The van der Waals surface area contributed by atoms with E-state index in [9.17, 15) is 22.8 Å². The van der Waals surface area contributed by atoms with Crippen LogP contribution in [-0.4, -0.2) is 34.5 Å². The molecule has 0 bridgehead atoms. The topological polar surface area (TPSA) is 57.6 Å². The molecule has 1 saturated heterocycles. The van der Waals surface area contributed by atoms with Gasteiger partial charge in [0.15, 0.2) is 0 Å². The number of benzene rings is 1. The summed E-state index contributed by atoms with van der Waals surface area (Å²) in [5.74, 6) is -1.68. The number of carboxylic acids is 1. The Morgan fingerprint density at radius 1 is 1.32 bits per heavy atom. The van der Waals surface area contributed by atoms with E-state index in [1.165, 1.54) is 4.90 Å². The number of carbonyl (C=O) groups is 2. The van der Waals surface area contributed by atoms with Crippen molar-refractivity contribution in [1.82, 2.24) is 4.90 Å². The Morgan fingerprint density at radius 3 is 2.59 bits per heavy atom. The predicted octanol–water partition coefficient (Wildman–Crippen LogP) is 3.44. The molecule has 0 radical (unpaired) electrons. The Balaban J connectivity index is 2.29. The van der Waals surface area contributed by atoms with E-state index in [4.69, 9.17) is 16.7 Å². The molecule has 22 heavy (non-hydrogen) atoms. The molecule has 0 aliphatic carbocycles. The van der Waals surface area contributed by atoms with Gasteiger partial charge in [0.25, 0.3) is 5.91 Å². The Bertz CT molecular complexity index is 603. The van der Waals surface area contributed by atoms with Gasteiger partial charge in [0.1, 0.15) is 0 Å². The fraction of sp³-hybridized carbons (Fsp3) is 0.429. The lowest BCUT2D eigenvalue weighted by atomic mass is 10.1. The SMILES string of the molecule is O=C(O)CC1CCCN1C(=O)c1cc(Cl)cc(C(F)(F)F)c1. The minimum Gasteiger partial charge on any atom is -0.481 e. The van der Waals surface area contributed by atoms with Crippen LogP contribution < -0.4 is 0 Å². The first-order chi connectivity index (χ1) is 10.2. The Hall–Kier alpha value is -1.76. The smallest absolute Gasteiger partial charge is 0.416 e. The van der Waals surface area contributed by atoms with Crippen molar-refractivity contribution in [2.24, 2.45) is 0 Å². The van der Waals surface area contributed by atoms with Gasteiger partial charge in [0.2, 0.25) is 0 Å². The highest BCUT2D eigenvalue weighted by molar-refractivity contribution is 6.31. The molecule has 1 aliphatic heterocycles. The van der Waals surface area contributed by atoms with E-state index in [0.29, 0.717) is 19.4 Å². The van der Waals surface area contributed by atoms with Gasteiger partial charge in [-0.25, -0.2) is 0 Å². The van der Waals surface area contributed by atoms with Gasteiger partial charge < -0.3 is 10.0 Å². The maximum atomic E-state index is 12.8. The zero-order chi connectivity index (χ0) is 16.5. The molecule has 120 valence electrons. The molecule has 1 heterocycles. The van der Waals surface area contributed by atoms with Crippen molar-refractivity contribution in [3.05, 3.63) is 34.3 Å². The molecule has 8 heteroatoms. The molecule has 1 aromatic rings. The van der Waals surface area contributed by atoms with Crippen LogP contribution in [-0.2, 0) is 11.0 Å². The molecule has 0 saturated carbocycles. The van der Waals surface area contributed by atoms with E-state index in [1.54, 1.807) is 0 Å². The molecule has 1 amide bonds. The van der Waals surface area contributed by atoms with Crippen LogP contribution in [0.4, 0.5) is 13.2 Å². The fourth-order valence-corrected chi connectivity index (χ4v) is 2.79. The summed E-state index contributed by atoms with van der Waals surface area (Å²) in [7, 11) is 0. The Labute approximate surface area is 129 Å². The van der Waals surface area contributed by atoms with E-state index in [-0.39, 0.29) is 17.0 Å². The van der Waals surface area contributed by atoms with Crippen molar-refractivity contribution < 1.29 is 27.9 Å². The number of hydrogen-bond donors (Lipinski definition) is 1. The molecule has 1 aliphatic rings. The third-order valence-electron chi connectivity index (χ3n) is 3.52. The molecule has 1 unspecified atom stereocenters. The molecule has 1 N–H and O–H groups in total. The number of aliphatic carboxylic acids is 1. The normalized spacial score (nSPS) is 18.5. The lowest BCUT2D eigenvalue weighted by molar-refractivity contribution is -0.138. The van der Waals surface area contributed by atoms with Crippen LogP contribution in [0.3, 0.4) is 0 Å². The van der Waals surface area contributed by atoms with Gasteiger partial charge >= 0.3 is 12.1 Å². The molecule has 1 aromatic carbocycles. The summed E-state index contributed by atoms with van der Waals surface area (Å²) in [6, 6.07) is 2.15. The Kier molecular flexibility index (Phi) is 4.65. The van der Waals surface area contributed by atoms with E-state index >= 15 is 0 Å². The van der Waals surface area contributed by atoms with E-state index < -0.39 is 29.7 Å². The number of carboxylic acid groups (broad SMARTS) is 1. The van der Waals surface area contributed by atoms with Crippen molar-refractivity contribution in [2.45, 2.75) is 31.5 Å². The first-order valence-electron chi connectivity index (χ1n) is 6.59. The van der Waals surface area contributed by atoms with Gasteiger partial charge in [-0.3, -0.25) is 9.59 Å². The zero-order valence-corrected chi connectivity index (χ0v) is 12.1. The number of halogens is 4. The summed E-state index contributed by atoms with van der Waals surface area (Å²) >= 11 is 5.66. The third-order valence-corrected chi connectivity index (χ3v) is 3.74. The quantitative estimate of drug-likeness (QED) is 0.920. The number of rotatable bonds is 3. The molecule has 2 rings (SSSR count). The van der Waals surface area contributed by atoms with Gasteiger partial charge in [-0.05, 0) is 31.0 Å². The van der Waals surface area contributed by atoms with Crippen LogP contribution in [0.15, 0.2) is 18.2 Å². The standard InChI is InChI=1S/C14H13ClF3NO3/c15-10-5-8(4-9(6-10)14(16,17)18)13(22)19-3-1-2-11(19)7-12(20)21/h4-6,11H,1-3,7H2,(H,20,21). The van der Waals surface area contributed by atoms with Gasteiger partial charge in [-0.1, -0.05) is 11.6 Å². The van der Waals surface area contributed by atoms with Crippen molar-refractivity contribution in [3.63, 3.8) is 0 Å². The number of carbonyl (C=O) groups excluding carboxylic acids is 1. The van der Waals surface area contributed by atoms with Crippen LogP contribution in [0.5, 0.6) is 0 Å². The van der Waals surface area contributed by atoms with Crippen molar-refractivity contribution in [3.8, 4) is 0 Å². The lowest BCUT2D eigenvalue weighted by Gasteiger charge is -2.24. The third kappa shape index (κ3) is 3.71. The summed E-state index contributed by atoms with van der Waals surface area (Å²) in [5.41, 5.74) is -1.19. The minimum atomic E-state index is -4.61. The molecule has 0 aromatic heterocycles. The predicted molar refractivity (Wildman–Crippen MR) is 72.8 cm³/mol. The first kappa shape index (κ1) is 16.6. The highest BCUT2D eigenvalue weighted by Crippen LogP contribution is 2.33. The van der Waals surface area contributed by atoms with E-state index in [1.807, 2.05) is 0 Å². The minimum absolute atomic E-state index is 0.183. The second-order valence-corrected chi connectivity index (χ2v) is 5.56. The molecule has 4 nitrogen and oxygen atoms in total. The average Bonchev–Trinajstić information content (AvgIpc) is 2.83. The zero-order valence-electron chi connectivity index (χ0n) is 11.4. The van der Waals surface area contributed by atoms with Crippen molar-refractivity contribution in [1.29, 1.82) is 0 Å². The fourth-order valence-electron chi connectivity index (χ4n) is 2.56. The number of nitrogens with zero attached hydrogens (tertiary/aromatic N) is 1. The van der Waals surface area contributed by atoms with Crippen LogP contribution >= 0.6 is 11.6 Å². The monoisotopic (exact) mass is 335 g/mol. The summed E-state index contributed by atoms with van der Waals surface area (Å²) in [4.78, 5) is 24.5. The second kappa shape index (κ2) is 6.16. The second-order valence-electron chi connectivity index (χ2n) is 5.12. The van der Waals surface area contributed by atoms with Crippen molar-refractivity contribution in [2.75, 3.05) is 6.54 Å². The first-order valence-corrected chi connectivity index (χ1v) is 6.97. The van der Waals surface area contributed by atoms with Crippen LogP contribution in [0.1, 0.15) is 35.2 Å². The van der Waals surface area contributed by atoms with Gasteiger partial charge in [-0.2, -0.15) is 13.2 Å². The molecular weight excluding hydrogens is 323 g/mol. The summed E-state index contributed by atoms with van der Waals surface area (Å²) in [6.45, 7) is 0.324. The average molecular weight is 336 g/mol.